The second kappa shape index (κ2) is 8.31. The summed E-state index contributed by atoms with van der Waals surface area (Å²) in [6.07, 6.45) is 0.0908. The largest absolute Gasteiger partial charge is 0.384 e. The Morgan fingerprint density at radius 2 is 2.25 bits per heavy atom. The molecule has 0 unspecified atom stereocenters. The van der Waals surface area contributed by atoms with Gasteiger partial charge >= 0.3 is 0 Å². The molecule has 20 heavy (non-hydrogen) atoms. The number of hydrogen-bond acceptors (Lipinski definition) is 3. The molecule has 0 spiro atoms. The molecule has 0 bridgehead atoms. The summed E-state index contributed by atoms with van der Waals surface area (Å²) in [5, 5.41) is 11.1. The number of benzene rings is 1. The van der Waals surface area contributed by atoms with E-state index in [1.165, 1.54) is 18.2 Å². The van der Waals surface area contributed by atoms with E-state index in [1.54, 1.807) is 0 Å². The molecule has 108 valence electrons. The molecule has 0 atom stereocenters. The molecular weight excluding hydrogens is 261 g/mol. The Morgan fingerprint density at radius 1 is 1.50 bits per heavy atom. The topological polar surface area (TPSA) is 58.6 Å². The Morgan fingerprint density at radius 3 is 2.85 bits per heavy atom. The lowest BCUT2D eigenvalue weighted by Gasteiger charge is -2.09. The smallest absolute Gasteiger partial charge is 0.254 e. The first-order valence-electron chi connectivity index (χ1n) is 6.33. The van der Waals surface area contributed by atoms with Crippen molar-refractivity contribution in [2.75, 3.05) is 19.8 Å². The quantitative estimate of drug-likeness (QED) is 0.631. The van der Waals surface area contributed by atoms with Crippen molar-refractivity contribution < 1.29 is 19.0 Å². The van der Waals surface area contributed by atoms with Crippen LogP contribution >= 0.6 is 0 Å². The zero-order valence-electron chi connectivity index (χ0n) is 11.6. The van der Waals surface area contributed by atoms with Gasteiger partial charge in [-0.05, 0) is 32.0 Å². The van der Waals surface area contributed by atoms with E-state index in [0.717, 1.165) is 0 Å². The number of amides is 1. The molecule has 0 saturated heterocycles. The number of aliphatic hydroxyl groups is 1. The van der Waals surface area contributed by atoms with Crippen LogP contribution in [-0.2, 0) is 4.74 Å². The molecule has 0 aliphatic heterocycles. The first kappa shape index (κ1) is 16.2. The number of halogens is 1. The van der Waals surface area contributed by atoms with E-state index in [9.17, 15) is 9.18 Å². The molecule has 0 fully saturated rings. The van der Waals surface area contributed by atoms with E-state index in [4.69, 9.17) is 9.84 Å². The molecule has 5 heteroatoms. The predicted octanol–water partition coefficient (Wildman–Crippen LogP) is 1.32. The van der Waals surface area contributed by atoms with E-state index in [0.29, 0.717) is 18.7 Å². The van der Waals surface area contributed by atoms with Gasteiger partial charge in [0.15, 0.2) is 0 Å². The highest BCUT2D eigenvalue weighted by molar-refractivity contribution is 5.94. The first-order chi connectivity index (χ1) is 9.54. The van der Waals surface area contributed by atoms with Gasteiger partial charge in [0.05, 0.1) is 18.3 Å². The van der Waals surface area contributed by atoms with Gasteiger partial charge in [-0.15, -0.1) is 0 Å². The van der Waals surface area contributed by atoms with Crippen LogP contribution in [0.5, 0.6) is 0 Å². The zero-order valence-corrected chi connectivity index (χ0v) is 11.6. The van der Waals surface area contributed by atoms with Crippen LogP contribution in [0.25, 0.3) is 0 Å². The number of carbonyl (C=O) groups is 1. The third kappa shape index (κ3) is 5.39. The first-order valence-corrected chi connectivity index (χ1v) is 6.33. The van der Waals surface area contributed by atoms with Crippen LogP contribution in [-0.4, -0.2) is 36.9 Å². The van der Waals surface area contributed by atoms with Gasteiger partial charge in [-0.2, -0.15) is 0 Å². The Bertz CT molecular complexity index is 518. The van der Waals surface area contributed by atoms with Gasteiger partial charge in [-0.3, -0.25) is 4.79 Å². The highest BCUT2D eigenvalue weighted by Crippen LogP contribution is 2.09. The van der Waals surface area contributed by atoms with Crippen molar-refractivity contribution >= 4 is 5.91 Å². The Kier molecular flexibility index (Phi) is 6.71. The van der Waals surface area contributed by atoms with Crippen LogP contribution in [0.15, 0.2) is 18.2 Å². The van der Waals surface area contributed by atoms with E-state index >= 15 is 0 Å². The van der Waals surface area contributed by atoms with Gasteiger partial charge in [0.1, 0.15) is 12.4 Å². The van der Waals surface area contributed by atoms with Crippen LogP contribution < -0.4 is 5.32 Å². The van der Waals surface area contributed by atoms with Crippen LogP contribution in [0.3, 0.4) is 0 Å². The van der Waals surface area contributed by atoms with Crippen molar-refractivity contribution in [1.82, 2.24) is 5.32 Å². The third-order valence-corrected chi connectivity index (χ3v) is 2.36. The standard InChI is InChI=1S/C15H18FNO3/c1-11(2)20-9-7-17-15(19)13-6-5-12(4-3-8-18)10-14(13)16/h5-6,10-11,18H,7-9H2,1-2H3,(H,17,19). The van der Waals surface area contributed by atoms with Gasteiger partial charge in [-0.1, -0.05) is 11.8 Å². The monoisotopic (exact) mass is 279 g/mol. The number of ether oxygens (including phenoxy) is 1. The molecule has 1 rings (SSSR count). The number of nitrogens with one attached hydrogen (secondary N) is 1. The van der Waals surface area contributed by atoms with Gasteiger partial charge in [0.2, 0.25) is 0 Å². The lowest BCUT2D eigenvalue weighted by atomic mass is 10.1. The van der Waals surface area contributed by atoms with Crippen molar-refractivity contribution in [2.24, 2.45) is 0 Å². The second-order valence-electron chi connectivity index (χ2n) is 4.33. The summed E-state index contributed by atoms with van der Waals surface area (Å²) in [7, 11) is 0. The Hall–Kier alpha value is -1.90. The summed E-state index contributed by atoms with van der Waals surface area (Å²) in [6, 6.07) is 4.07. The average Bonchev–Trinajstić information content (AvgIpc) is 2.41. The van der Waals surface area contributed by atoms with E-state index in [-0.39, 0.29) is 18.3 Å². The van der Waals surface area contributed by atoms with Gasteiger partial charge in [0.25, 0.3) is 5.91 Å². The summed E-state index contributed by atoms with van der Waals surface area (Å²) >= 11 is 0. The van der Waals surface area contributed by atoms with Gasteiger partial charge < -0.3 is 15.2 Å². The van der Waals surface area contributed by atoms with E-state index in [2.05, 4.69) is 17.2 Å². The van der Waals surface area contributed by atoms with E-state index < -0.39 is 11.7 Å². The fourth-order valence-corrected chi connectivity index (χ4v) is 1.47. The molecule has 0 heterocycles. The summed E-state index contributed by atoms with van der Waals surface area (Å²) in [5.74, 6) is 3.86. The average molecular weight is 279 g/mol. The van der Waals surface area contributed by atoms with Crippen molar-refractivity contribution in [1.29, 1.82) is 0 Å². The highest BCUT2D eigenvalue weighted by Gasteiger charge is 2.11. The summed E-state index contributed by atoms with van der Waals surface area (Å²) in [5.41, 5.74) is 0.375. The van der Waals surface area contributed by atoms with Crippen molar-refractivity contribution in [3.05, 3.63) is 35.1 Å². The Labute approximate surface area is 117 Å². The predicted molar refractivity (Wildman–Crippen MR) is 73.8 cm³/mol. The number of aliphatic hydroxyl groups excluding tert-OH is 1. The molecule has 0 aromatic heterocycles. The lowest BCUT2D eigenvalue weighted by molar-refractivity contribution is 0.0745. The van der Waals surface area contributed by atoms with E-state index in [1.807, 2.05) is 13.8 Å². The van der Waals surface area contributed by atoms with Crippen LogP contribution in [0.2, 0.25) is 0 Å². The number of hydrogen-bond donors (Lipinski definition) is 2. The minimum absolute atomic E-state index is 0.0379. The van der Waals surface area contributed by atoms with Crippen molar-refractivity contribution in [2.45, 2.75) is 20.0 Å². The molecule has 0 aliphatic rings. The van der Waals surface area contributed by atoms with Gasteiger partial charge in [-0.25, -0.2) is 4.39 Å². The summed E-state index contributed by atoms with van der Waals surface area (Å²) in [6.45, 7) is 4.20. The third-order valence-electron chi connectivity index (χ3n) is 2.36. The molecule has 0 saturated carbocycles. The summed E-state index contributed by atoms with van der Waals surface area (Å²) < 4.78 is 19.0. The molecular formula is C15H18FNO3. The fraction of sp³-hybridized carbons (Fsp3) is 0.400. The maximum absolute atomic E-state index is 13.7. The fourth-order valence-electron chi connectivity index (χ4n) is 1.47. The lowest BCUT2D eigenvalue weighted by Crippen LogP contribution is -2.28. The molecule has 1 aromatic carbocycles. The summed E-state index contributed by atoms with van der Waals surface area (Å²) in [4.78, 5) is 11.8. The van der Waals surface area contributed by atoms with Crippen LogP contribution in [0.1, 0.15) is 29.8 Å². The van der Waals surface area contributed by atoms with Crippen LogP contribution in [0.4, 0.5) is 4.39 Å². The second-order valence-corrected chi connectivity index (χ2v) is 4.33. The minimum Gasteiger partial charge on any atom is -0.384 e. The highest BCUT2D eigenvalue weighted by atomic mass is 19.1. The maximum atomic E-state index is 13.7. The molecule has 2 N–H and O–H groups in total. The minimum atomic E-state index is -0.642. The molecule has 1 aromatic rings. The molecule has 4 nitrogen and oxygen atoms in total. The van der Waals surface area contributed by atoms with Gasteiger partial charge in [0, 0.05) is 12.1 Å². The maximum Gasteiger partial charge on any atom is 0.254 e. The zero-order chi connectivity index (χ0) is 15.0. The Balaban J connectivity index is 2.60. The van der Waals surface area contributed by atoms with Crippen molar-refractivity contribution in [3.8, 4) is 11.8 Å². The molecule has 0 aliphatic carbocycles. The molecule has 1 amide bonds. The molecule has 0 radical (unpaired) electrons. The number of carbonyl (C=O) groups excluding carboxylic acids is 1. The normalized spacial score (nSPS) is 10.1. The number of rotatable bonds is 5. The van der Waals surface area contributed by atoms with Crippen LogP contribution in [0, 0.1) is 17.7 Å². The van der Waals surface area contributed by atoms with Crippen molar-refractivity contribution in [3.63, 3.8) is 0 Å². The SMILES string of the molecule is CC(C)OCCNC(=O)c1ccc(C#CCO)cc1F.